The largest absolute Gasteiger partial charge is 0.383 e. The second kappa shape index (κ2) is 2.78. The fourth-order valence-corrected chi connectivity index (χ4v) is 2.23. The van der Waals surface area contributed by atoms with Gasteiger partial charge >= 0.3 is 0 Å². The van der Waals surface area contributed by atoms with Gasteiger partial charge < -0.3 is 5.32 Å². The van der Waals surface area contributed by atoms with Gasteiger partial charge in [-0.05, 0) is 24.6 Å². The second-order valence-electron chi connectivity index (χ2n) is 2.77. The van der Waals surface area contributed by atoms with E-state index in [0.29, 0.717) is 0 Å². The van der Waals surface area contributed by atoms with Crippen molar-refractivity contribution in [2.45, 2.75) is 11.8 Å². The number of hydrogen-bond donors (Lipinski definition) is 1. The van der Waals surface area contributed by atoms with Crippen molar-refractivity contribution in [3.05, 3.63) is 23.8 Å². The second-order valence-corrected chi connectivity index (χ2v) is 3.91. The molecule has 1 aliphatic heterocycles. The highest BCUT2D eigenvalue weighted by Gasteiger charge is 2.07. The van der Waals surface area contributed by atoms with Crippen LogP contribution in [0.5, 0.6) is 0 Å². The van der Waals surface area contributed by atoms with Crippen LogP contribution < -0.4 is 5.32 Å². The quantitative estimate of drug-likeness (QED) is 0.634. The Morgan fingerprint density at radius 1 is 1.45 bits per heavy atom. The molecule has 0 spiro atoms. The molecule has 0 bridgehead atoms. The summed E-state index contributed by atoms with van der Waals surface area (Å²) in [6.45, 7) is 3.23. The molecule has 0 aromatic heterocycles. The normalized spacial score (nSPS) is 15.4. The van der Waals surface area contributed by atoms with Gasteiger partial charge in [0.2, 0.25) is 0 Å². The van der Waals surface area contributed by atoms with Crippen LogP contribution in [0, 0.1) is 6.92 Å². The smallest absolute Gasteiger partial charge is 0.0478 e. The van der Waals surface area contributed by atoms with Crippen molar-refractivity contribution in [1.29, 1.82) is 0 Å². The summed E-state index contributed by atoms with van der Waals surface area (Å²) in [6, 6.07) is 6.56. The van der Waals surface area contributed by atoms with Gasteiger partial charge in [-0.1, -0.05) is 6.07 Å². The number of nitrogens with one attached hydrogen (secondary N) is 1. The van der Waals surface area contributed by atoms with Crippen LogP contribution in [0.1, 0.15) is 5.56 Å². The average Bonchev–Trinajstić information content (AvgIpc) is 2.04. The lowest BCUT2D eigenvalue weighted by Gasteiger charge is -2.17. The third kappa shape index (κ3) is 1.36. The van der Waals surface area contributed by atoms with E-state index in [1.807, 2.05) is 11.8 Å². The first-order valence-electron chi connectivity index (χ1n) is 3.83. The van der Waals surface area contributed by atoms with E-state index >= 15 is 0 Å². The van der Waals surface area contributed by atoms with Gasteiger partial charge in [0.05, 0.1) is 0 Å². The number of anilines is 1. The monoisotopic (exact) mass is 165 g/mol. The number of thioether (sulfide) groups is 1. The zero-order valence-corrected chi connectivity index (χ0v) is 7.37. The van der Waals surface area contributed by atoms with Crippen molar-refractivity contribution < 1.29 is 0 Å². The highest BCUT2D eigenvalue weighted by atomic mass is 32.2. The number of rotatable bonds is 0. The lowest BCUT2D eigenvalue weighted by Crippen LogP contribution is -2.09. The topological polar surface area (TPSA) is 12.0 Å². The van der Waals surface area contributed by atoms with Gasteiger partial charge in [-0.25, -0.2) is 0 Å². The van der Waals surface area contributed by atoms with Crippen molar-refractivity contribution in [3.8, 4) is 0 Å². The van der Waals surface area contributed by atoms with Crippen LogP contribution in [-0.2, 0) is 0 Å². The third-order valence-electron chi connectivity index (χ3n) is 1.81. The summed E-state index contributed by atoms with van der Waals surface area (Å²) in [4.78, 5) is 1.40. The molecular formula is C9H11NS. The molecule has 1 heterocycles. The molecule has 1 aromatic carbocycles. The van der Waals surface area contributed by atoms with Crippen molar-refractivity contribution in [2.75, 3.05) is 17.6 Å². The molecule has 0 unspecified atom stereocenters. The molecule has 1 nitrogen and oxygen atoms in total. The maximum absolute atomic E-state index is 3.37. The predicted molar refractivity (Wildman–Crippen MR) is 50.4 cm³/mol. The van der Waals surface area contributed by atoms with E-state index in [1.165, 1.54) is 21.9 Å². The van der Waals surface area contributed by atoms with Gasteiger partial charge in [-0.15, -0.1) is 11.8 Å². The van der Waals surface area contributed by atoms with Gasteiger partial charge in [0.25, 0.3) is 0 Å². The Labute approximate surface area is 71.2 Å². The standard InChI is InChI=1S/C9H11NS/c1-7-2-3-8-9(6-7)11-5-4-10-8/h2-3,6,10H,4-5H2,1H3. The summed E-state index contributed by atoms with van der Waals surface area (Å²) in [5.41, 5.74) is 2.65. The van der Waals surface area contributed by atoms with E-state index in [-0.39, 0.29) is 0 Å². The fraction of sp³-hybridized carbons (Fsp3) is 0.333. The molecule has 0 radical (unpaired) electrons. The first kappa shape index (κ1) is 7.04. The molecule has 0 fully saturated rings. The third-order valence-corrected chi connectivity index (χ3v) is 2.87. The van der Waals surface area contributed by atoms with E-state index in [4.69, 9.17) is 0 Å². The number of benzene rings is 1. The first-order chi connectivity index (χ1) is 5.36. The minimum atomic E-state index is 1.10. The molecule has 0 saturated carbocycles. The van der Waals surface area contributed by atoms with Crippen molar-refractivity contribution in [3.63, 3.8) is 0 Å². The van der Waals surface area contributed by atoms with E-state index in [0.717, 1.165) is 6.54 Å². The Balaban J connectivity index is 2.43. The molecule has 58 valence electrons. The summed E-state index contributed by atoms with van der Waals surface area (Å²) < 4.78 is 0. The summed E-state index contributed by atoms with van der Waals surface area (Å²) in [5, 5.41) is 3.37. The number of hydrogen-bond acceptors (Lipinski definition) is 2. The van der Waals surface area contributed by atoms with Crippen molar-refractivity contribution >= 4 is 17.4 Å². The molecule has 11 heavy (non-hydrogen) atoms. The Bertz CT molecular complexity index is 270. The SMILES string of the molecule is Cc1ccc2c(c1)SCCN2. The molecule has 0 aliphatic carbocycles. The van der Waals surface area contributed by atoms with E-state index in [9.17, 15) is 0 Å². The van der Waals surface area contributed by atoms with E-state index in [2.05, 4.69) is 30.4 Å². The fourth-order valence-electron chi connectivity index (χ4n) is 1.24. The minimum absolute atomic E-state index is 1.10. The predicted octanol–water partition coefficient (Wildman–Crippen LogP) is 2.51. The van der Waals surface area contributed by atoms with Crippen LogP contribution in [-0.4, -0.2) is 12.3 Å². The minimum Gasteiger partial charge on any atom is -0.383 e. The zero-order chi connectivity index (χ0) is 7.68. The number of fused-ring (bicyclic) bond motifs is 1. The summed E-state index contributed by atoms with van der Waals surface area (Å²) in [7, 11) is 0. The molecule has 0 atom stereocenters. The molecule has 1 aliphatic rings. The maximum atomic E-state index is 3.37. The van der Waals surface area contributed by atoms with Crippen LogP contribution in [0.3, 0.4) is 0 Å². The molecular weight excluding hydrogens is 154 g/mol. The molecule has 0 amide bonds. The van der Waals surface area contributed by atoms with Gasteiger partial charge in [-0.3, -0.25) is 0 Å². The van der Waals surface area contributed by atoms with Crippen molar-refractivity contribution in [1.82, 2.24) is 0 Å². The van der Waals surface area contributed by atoms with Gasteiger partial charge in [0.15, 0.2) is 0 Å². The Morgan fingerprint density at radius 3 is 3.27 bits per heavy atom. The van der Waals surface area contributed by atoms with Crippen molar-refractivity contribution in [2.24, 2.45) is 0 Å². The van der Waals surface area contributed by atoms with Crippen LogP contribution in [0.4, 0.5) is 5.69 Å². The van der Waals surface area contributed by atoms with Crippen LogP contribution in [0.15, 0.2) is 23.1 Å². The highest BCUT2D eigenvalue weighted by Crippen LogP contribution is 2.31. The van der Waals surface area contributed by atoms with Crippen LogP contribution >= 0.6 is 11.8 Å². The Morgan fingerprint density at radius 2 is 2.36 bits per heavy atom. The Hall–Kier alpha value is -0.630. The lowest BCUT2D eigenvalue weighted by molar-refractivity contribution is 1.16. The summed E-state index contributed by atoms with van der Waals surface area (Å²) >= 11 is 1.94. The zero-order valence-electron chi connectivity index (χ0n) is 6.55. The van der Waals surface area contributed by atoms with Crippen LogP contribution in [0.2, 0.25) is 0 Å². The lowest BCUT2D eigenvalue weighted by atomic mass is 10.2. The van der Waals surface area contributed by atoms with E-state index in [1.54, 1.807) is 0 Å². The van der Waals surface area contributed by atoms with Crippen LogP contribution in [0.25, 0.3) is 0 Å². The summed E-state index contributed by atoms with van der Waals surface area (Å²) in [6.07, 6.45) is 0. The molecule has 1 aromatic rings. The molecule has 1 N–H and O–H groups in total. The first-order valence-corrected chi connectivity index (χ1v) is 4.82. The average molecular weight is 165 g/mol. The molecule has 2 rings (SSSR count). The van der Waals surface area contributed by atoms with Gasteiger partial charge in [0, 0.05) is 22.9 Å². The van der Waals surface area contributed by atoms with Gasteiger partial charge in [0.1, 0.15) is 0 Å². The maximum Gasteiger partial charge on any atom is 0.0478 e. The Kier molecular flexibility index (Phi) is 1.78. The molecule has 0 saturated heterocycles. The van der Waals surface area contributed by atoms with E-state index < -0.39 is 0 Å². The summed E-state index contributed by atoms with van der Waals surface area (Å²) in [5.74, 6) is 1.19. The van der Waals surface area contributed by atoms with Gasteiger partial charge in [-0.2, -0.15) is 0 Å². The molecule has 2 heteroatoms. The highest BCUT2D eigenvalue weighted by molar-refractivity contribution is 7.99. The number of aryl methyl sites for hydroxylation is 1.